The first kappa shape index (κ1) is 22.5. The molecule has 2 aliphatic heterocycles. The summed E-state index contributed by atoms with van der Waals surface area (Å²) in [7, 11) is 1.78. The zero-order valence-corrected chi connectivity index (χ0v) is 19.0. The van der Waals surface area contributed by atoms with E-state index in [2.05, 4.69) is 15.2 Å². The SMILES string of the molecule is Cc1cnn(C)c1-c1cc(OC2CN(C(=O)N3N=CCC3c3cc(F)cc(C#N)c3)C2)c(F)cn1. The third kappa shape index (κ3) is 4.19. The Morgan fingerprint density at radius 2 is 2.00 bits per heavy atom. The van der Waals surface area contributed by atoms with Crippen molar-refractivity contribution in [2.45, 2.75) is 25.5 Å². The Morgan fingerprint density at radius 3 is 2.71 bits per heavy atom. The summed E-state index contributed by atoms with van der Waals surface area (Å²) in [6.45, 7) is 2.38. The second-order valence-corrected chi connectivity index (χ2v) is 8.51. The van der Waals surface area contributed by atoms with Crippen LogP contribution in [0.5, 0.6) is 5.75 Å². The average Bonchev–Trinajstić information content (AvgIpc) is 3.43. The lowest BCUT2D eigenvalue weighted by atomic mass is 10.0. The van der Waals surface area contributed by atoms with Crippen molar-refractivity contribution >= 4 is 12.2 Å². The Balaban J connectivity index is 1.25. The molecule has 3 aromatic rings. The standard InChI is InChI=1S/C24H21F2N7O2/c1-14-10-30-31(2)23(14)20-8-22(19(26)11-28-20)35-18-12-32(13-18)24(34)33-21(3-4-29-33)16-5-15(9-27)6-17(25)7-16/h4-8,10-11,18,21H,3,12-13H2,1-2H3. The van der Waals surface area contributed by atoms with Crippen molar-refractivity contribution in [3.63, 3.8) is 0 Å². The predicted molar refractivity (Wildman–Crippen MR) is 121 cm³/mol. The lowest BCUT2D eigenvalue weighted by Crippen LogP contribution is -2.58. The summed E-state index contributed by atoms with van der Waals surface area (Å²) in [5.41, 5.74) is 2.87. The molecule has 0 spiro atoms. The number of aromatic nitrogens is 3. The molecule has 5 rings (SSSR count). The molecule has 4 heterocycles. The summed E-state index contributed by atoms with van der Waals surface area (Å²) in [6, 6.07) is 6.57. The first-order chi connectivity index (χ1) is 16.8. The zero-order valence-electron chi connectivity index (χ0n) is 19.0. The van der Waals surface area contributed by atoms with Gasteiger partial charge in [-0.1, -0.05) is 0 Å². The van der Waals surface area contributed by atoms with E-state index < -0.39 is 23.8 Å². The minimum Gasteiger partial charge on any atom is -0.483 e. The fraction of sp³-hybridized carbons (Fsp3) is 0.292. The van der Waals surface area contributed by atoms with E-state index in [9.17, 15) is 13.6 Å². The molecule has 2 aromatic heterocycles. The van der Waals surface area contributed by atoms with Crippen LogP contribution < -0.4 is 4.74 Å². The fourth-order valence-electron chi connectivity index (χ4n) is 4.29. The second kappa shape index (κ2) is 8.79. The largest absolute Gasteiger partial charge is 0.483 e. The lowest BCUT2D eigenvalue weighted by molar-refractivity contribution is 0.0257. The number of aryl methyl sites for hydroxylation is 2. The van der Waals surface area contributed by atoms with Crippen LogP contribution in [0.4, 0.5) is 13.6 Å². The smallest absolute Gasteiger partial charge is 0.341 e. The first-order valence-electron chi connectivity index (χ1n) is 11.0. The van der Waals surface area contributed by atoms with Crippen LogP contribution in [0.2, 0.25) is 0 Å². The van der Waals surface area contributed by atoms with E-state index in [1.807, 2.05) is 13.0 Å². The van der Waals surface area contributed by atoms with E-state index in [1.165, 1.54) is 22.0 Å². The molecular weight excluding hydrogens is 456 g/mol. The van der Waals surface area contributed by atoms with Gasteiger partial charge >= 0.3 is 6.03 Å². The fourth-order valence-corrected chi connectivity index (χ4v) is 4.29. The number of hydrogen-bond acceptors (Lipinski definition) is 6. The molecular formula is C24H21F2N7O2. The average molecular weight is 477 g/mol. The number of likely N-dealkylation sites (tertiary alicyclic amines) is 1. The van der Waals surface area contributed by atoms with Crippen molar-refractivity contribution < 1.29 is 18.3 Å². The van der Waals surface area contributed by atoms with Crippen LogP contribution in [0.3, 0.4) is 0 Å². The number of amides is 2. The number of rotatable bonds is 4. The number of urea groups is 1. The Hall–Kier alpha value is -4.33. The minimum absolute atomic E-state index is 0.0496. The Bertz CT molecular complexity index is 1360. The molecule has 1 unspecified atom stereocenters. The number of hydrogen-bond donors (Lipinski definition) is 0. The van der Waals surface area contributed by atoms with Crippen molar-refractivity contribution in [3.8, 4) is 23.2 Å². The number of halogens is 2. The number of hydrazone groups is 1. The number of benzene rings is 1. The normalized spacial score (nSPS) is 17.4. The highest BCUT2D eigenvalue weighted by molar-refractivity contribution is 5.79. The van der Waals surface area contributed by atoms with Gasteiger partial charge in [0.25, 0.3) is 0 Å². The summed E-state index contributed by atoms with van der Waals surface area (Å²) in [5, 5.41) is 18.7. The molecule has 0 radical (unpaired) electrons. The maximum absolute atomic E-state index is 14.4. The predicted octanol–water partition coefficient (Wildman–Crippen LogP) is 3.56. The molecule has 1 atom stereocenters. The van der Waals surface area contributed by atoms with Crippen LogP contribution in [-0.2, 0) is 7.05 Å². The van der Waals surface area contributed by atoms with Crippen molar-refractivity contribution in [1.82, 2.24) is 24.7 Å². The number of pyridine rings is 1. The van der Waals surface area contributed by atoms with Crippen LogP contribution in [0, 0.1) is 29.9 Å². The number of ether oxygens (including phenoxy) is 1. The number of nitrogens with zero attached hydrogens (tertiary/aromatic N) is 7. The van der Waals surface area contributed by atoms with E-state index in [4.69, 9.17) is 10.00 Å². The Kier molecular flexibility index (Phi) is 5.64. The van der Waals surface area contributed by atoms with Gasteiger partial charge in [-0.3, -0.25) is 9.67 Å². The molecule has 9 nitrogen and oxygen atoms in total. The summed E-state index contributed by atoms with van der Waals surface area (Å²) in [5.74, 6) is -1.09. The van der Waals surface area contributed by atoms with E-state index >= 15 is 0 Å². The highest BCUT2D eigenvalue weighted by atomic mass is 19.1. The Morgan fingerprint density at radius 1 is 1.20 bits per heavy atom. The number of carbonyl (C=O) groups excluding carboxylic acids is 1. The van der Waals surface area contributed by atoms with Crippen LogP contribution in [-0.4, -0.2) is 56.1 Å². The number of nitriles is 1. The monoisotopic (exact) mass is 477 g/mol. The van der Waals surface area contributed by atoms with Gasteiger partial charge in [0.15, 0.2) is 11.6 Å². The maximum Gasteiger partial charge on any atom is 0.341 e. The molecule has 0 N–H and O–H groups in total. The van der Waals surface area contributed by atoms with Gasteiger partial charge < -0.3 is 9.64 Å². The molecule has 2 amide bonds. The van der Waals surface area contributed by atoms with Crippen molar-refractivity contribution in [3.05, 3.63) is 65.0 Å². The molecule has 1 fully saturated rings. The van der Waals surface area contributed by atoms with E-state index in [-0.39, 0.29) is 30.4 Å². The topological polar surface area (TPSA) is 99.6 Å². The molecule has 0 aliphatic carbocycles. The molecule has 35 heavy (non-hydrogen) atoms. The van der Waals surface area contributed by atoms with Gasteiger partial charge in [0.2, 0.25) is 0 Å². The molecule has 0 saturated carbocycles. The van der Waals surface area contributed by atoms with Gasteiger partial charge in [0.05, 0.1) is 54.5 Å². The van der Waals surface area contributed by atoms with Crippen LogP contribution in [0.15, 0.2) is 41.8 Å². The van der Waals surface area contributed by atoms with Gasteiger partial charge in [-0.05, 0) is 36.2 Å². The highest BCUT2D eigenvalue weighted by Crippen LogP contribution is 2.32. The van der Waals surface area contributed by atoms with Gasteiger partial charge in [-0.2, -0.15) is 15.5 Å². The quantitative estimate of drug-likeness (QED) is 0.572. The van der Waals surface area contributed by atoms with Gasteiger partial charge in [0, 0.05) is 25.7 Å². The van der Waals surface area contributed by atoms with Gasteiger partial charge in [0.1, 0.15) is 11.9 Å². The van der Waals surface area contributed by atoms with Crippen molar-refractivity contribution in [1.29, 1.82) is 5.26 Å². The summed E-state index contributed by atoms with van der Waals surface area (Å²) < 4.78 is 35.8. The van der Waals surface area contributed by atoms with Crippen molar-refractivity contribution in [2.24, 2.45) is 12.1 Å². The highest BCUT2D eigenvalue weighted by Gasteiger charge is 2.39. The van der Waals surface area contributed by atoms with E-state index in [1.54, 1.807) is 30.2 Å². The molecule has 0 bridgehead atoms. The molecule has 11 heteroatoms. The maximum atomic E-state index is 14.4. The van der Waals surface area contributed by atoms with Crippen LogP contribution in [0.25, 0.3) is 11.4 Å². The van der Waals surface area contributed by atoms with Crippen LogP contribution in [0.1, 0.15) is 29.2 Å². The van der Waals surface area contributed by atoms with Crippen LogP contribution >= 0.6 is 0 Å². The molecule has 1 aromatic carbocycles. The summed E-state index contributed by atoms with van der Waals surface area (Å²) in [4.78, 5) is 18.7. The Labute approximate surface area is 199 Å². The minimum atomic E-state index is -0.595. The third-order valence-corrected chi connectivity index (χ3v) is 6.06. The van der Waals surface area contributed by atoms with Gasteiger partial charge in [-0.15, -0.1) is 0 Å². The van der Waals surface area contributed by atoms with E-state index in [0.717, 1.165) is 23.5 Å². The molecule has 178 valence electrons. The molecule has 1 saturated heterocycles. The third-order valence-electron chi connectivity index (χ3n) is 6.06. The number of carbonyl (C=O) groups is 1. The second-order valence-electron chi connectivity index (χ2n) is 8.51. The summed E-state index contributed by atoms with van der Waals surface area (Å²) in [6.07, 6.45) is 4.40. The molecule has 2 aliphatic rings. The van der Waals surface area contributed by atoms with Gasteiger partial charge in [-0.25, -0.2) is 18.6 Å². The van der Waals surface area contributed by atoms with Crippen molar-refractivity contribution in [2.75, 3.05) is 13.1 Å². The summed E-state index contributed by atoms with van der Waals surface area (Å²) >= 11 is 0. The first-order valence-corrected chi connectivity index (χ1v) is 11.0. The zero-order chi connectivity index (χ0) is 24.7. The van der Waals surface area contributed by atoms with E-state index in [0.29, 0.717) is 17.7 Å². The lowest BCUT2D eigenvalue weighted by Gasteiger charge is -2.41.